The fraction of sp³-hybridized carbons (Fsp3) is 0.176. The summed E-state index contributed by atoms with van der Waals surface area (Å²) < 4.78 is 27.3. The molecule has 6 nitrogen and oxygen atoms in total. The van der Waals surface area contributed by atoms with Crippen molar-refractivity contribution in [3.63, 3.8) is 0 Å². The van der Waals surface area contributed by atoms with Gasteiger partial charge in [-0.2, -0.15) is 0 Å². The largest absolute Gasteiger partial charge is 0.321 e. The second-order valence-corrected chi connectivity index (χ2v) is 7.22. The molecule has 1 aliphatic rings. The predicted molar refractivity (Wildman–Crippen MR) is 90.9 cm³/mol. The van der Waals surface area contributed by atoms with Crippen molar-refractivity contribution in [1.82, 2.24) is 4.98 Å². The van der Waals surface area contributed by atoms with Gasteiger partial charge in [-0.3, -0.25) is 4.79 Å². The molecule has 2 heterocycles. The first-order chi connectivity index (χ1) is 11.4. The minimum absolute atomic E-state index is 0.0487. The second-order valence-electron chi connectivity index (χ2n) is 5.40. The third-order valence-electron chi connectivity index (χ3n) is 3.73. The van der Waals surface area contributed by atoms with Gasteiger partial charge in [-0.1, -0.05) is 17.7 Å². The van der Waals surface area contributed by atoms with Crippen molar-refractivity contribution in [2.45, 2.75) is 24.3 Å². The summed E-state index contributed by atoms with van der Waals surface area (Å²) in [5, 5.41) is 2.65. The Morgan fingerprint density at radius 1 is 1.29 bits per heavy atom. The Balaban J connectivity index is 2.19. The van der Waals surface area contributed by atoms with Crippen LogP contribution < -0.4 is 9.62 Å². The van der Waals surface area contributed by atoms with E-state index in [0.717, 1.165) is 9.87 Å². The minimum Gasteiger partial charge on any atom is -0.321 e. The summed E-state index contributed by atoms with van der Waals surface area (Å²) in [5.74, 6) is 2.06. The van der Waals surface area contributed by atoms with Gasteiger partial charge in [0.15, 0.2) is 5.82 Å². The first kappa shape index (κ1) is 16.0. The molecule has 7 heteroatoms. The summed E-state index contributed by atoms with van der Waals surface area (Å²) >= 11 is 0. The Morgan fingerprint density at radius 3 is 2.67 bits per heavy atom. The average Bonchev–Trinajstić information content (AvgIpc) is 2.56. The molecule has 0 fully saturated rings. The van der Waals surface area contributed by atoms with Crippen molar-refractivity contribution in [2.24, 2.45) is 0 Å². The van der Waals surface area contributed by atoms with E-state index in [2.05, 4.69) is 16.2 Å². The van der Waals surface area contributed by atoms with E-state index in [0.29, 0.717) is 5.69 Å². The molecule has 0 saturated heterocycles. The zero-order valence-corrected chi connectivity index (χ0v) is 13.7. The number of nitrogens with zero attached hydrogens (tertiary/aromatic N) is 2. The molecule has 1 amide bonds. The lowest BCUT2D eigenvalue weighted by molar-refractivity contribution is -0.117. The maximum atomic E-state index is 13.1. The molecule has 0 saturated carbocycles. The van der Waals surface area contributed by atoms with E-state index in [9.17, 15) is 13.2 Å². The average molecular weight is 341 g/mol. The van der Waals surface area contributed by atoms with Gasteiger partial charge in [0, 0.05) is 12.6 Å². The van der Waals surface area contributed by atoms with Gasteiger partial charge in [-0.15, -0.1) is 12.3 Å². The summed E-state index contributed by atoms with van der Waals surface area (Å²) in [6.45, 7) is 1.86. The summed E-state index contributed by atoms with van der Waals surface area (Å²) in [6, 6.07) is 8.60. The topological polar surface area (TPSA) is 79.4 Å². The number of sulfonamides is 1. The minimum atomic E-state index is -3.98. The number of aromatic nitrogens is 1. The van der Waals surface area contributed by atoms with Crippen molar-refractivity contribution >= 4 is 27.4 Å². The number of carbonyl (C=O) groups excluding carboxylic acids is 1. The van der Waals surface area contributed by atoms with Crippen LogP contribution in [0.3, 0.4) is 0 Å². The molecule has 0 spiro atoms. The number of rotatable bonds is 3. The molecule has 1 unspecified atom stereocenters. The number of nitrogens with one attached hydrogen (secondary N) is 1. The Labute approximate surface area is 140 Å². The van der Waals surface area contributed by atoms with Gasteiger partial charge in [-0.05, 0) is 31.2 Å². The number of hydrogen-bond donors (Lipinski definition) is 1. The van der Waals surface area contributed by atoms with Crippen LogP contribution in [0.2, 0.25) is 0 Å². The van der Waals surface area contributed by atoms with Crippen molar-refractivity contribution in [1.29, 1.82) is 0 Å². The van der Waals surface area contributed by atoms with Crippen LogP contribution >= 0.6 is 0 Å². The Morgan fingerprint density at radius 2 is 2.00 bits per heavy atom. The van der Waals surface area contributed by atoms with E-state index in [1.807, 2.05) is 6.92 Å². The maximum absolute atomic E-state index is 13.1. The fourth-order valence-corrected chi connectivity index (χ4v) is 4.12. The van der Waals surface area contributed by atoms with E-state index in [4.69, 9.17) is 6.42 Å². The van der Waals surface area contributed by atoms with Crippen molar-refractivity contribution in [3.8, 4) is 12.3 Å². The van der Waals surface area contributed by atoms with Crippen molar-refractivity contribution < 1.29 is 13.2 Å². The van der Waals surface area contributed by atoms with E-state index >= 15 is 0 Å². The zero-order chi connectivity index (χ0) is 17.3. The third-order valence-corrected chi connectivity index (χ3v) is 5.54. The van der Waals surface area contributed by atoms with Gasteiger partial charge in [0.05, 0.1) is 10.6 Å². The van der Waals surface area contributed by atoms with Crippen LogP contribution in [0.1, 0.15) is 12.0 Å². The number of amides is 1. The number of fused-ring (bicyclic) bond motifs is 1. The summed E-state index contributed by atoms with van der Waals surface area (Å²) in [6.07, 6.45) is 6.76. The molecule has 2 aromatic rings. The molecule has 0 aliphatic carbocycles. The van der Waals surface area contributed by atoms with E-state index in [1.165, 1.54) is 18.3 Å². The predicted octanol–water partition coefficient (Wildman–Crippen LogP) is 1.93. The van der Waals surface area contributed by atoms with E-state index in [-0.39, 0.29) is 17.1 Å². The number of hydrogen-bond acceptors (Lipinski definition) is 4. The number of terminal acetylenes is 1. The van der Waals surface area contributed by atoms with Gasteiger partial charge in [0.25, 0.3) is 10.0 Å². The van der Waals surface area contributed by atoms with Crippen molar-refractivity contribution in [3.05, 3.63) is 48.2 Å². The highest BCUT2D eigenvalue weighted by atomic mass is 32.2. The highest BCUT2D eigenvalue weighted by Gasteiger charge is 2.41. The highest BCUT2D eigenvalue weighted by Crippen LogP contribution is 2.35. The van der Waals surface area contributed by atoms with E-state index in [1.54, 1.807) is 24.3 Å². The molecule has 1 aromatic heterocycles. The molecule has 1 aromatic carbocycles. The van der Waals surface area contributed by atoms with Crippen LogP contribution in [0, 0.1) is 19.3 Å². The number of pyridine rings is 1. The Hall–Kier alpha value is -2.85. The molecule has 1 aliphatic heterocycles. The molecule has 1 N–H and O–H groups in total. The molecular formula is C17H15N3O3S. The van der Waals surface area contributed by atoms with Gasteiger partial charge >= 0.3 is 0 Å². The maximum Gasteiger partial charge on any atom is 0.266 e. The first-order valence-corrected chi connectivity index (χ1v) is 8.69. The number of benzene rings is 1. The first-order valence-electron chi connectivity index (χ1n) is 7.25. The van der Waals surface area contributed by atoms with Crippen LogP contribution in [-0.2, 0) is 14.8 Å². The van der Waals surface area contributed by atoms with Crippen molar-refractivity contribution in [2.75, 3.05) is 9.62 Å². The monoisotopic (exact) mass is 341 g/mol. The normalized spacial score (nSPS) is 16.9. The standard InChI is InChI=1S/C17H15N3O3S/c1-3-5-15-17(21)19-14-6-4-11-18-16(14)20(15)24(22,23)13-9-7-12(2)8-10-13/h1,4,6-11,15H,5H2,2H3,(H,19,21). The lowest BCUT2D eigenvalue weighted by atomic mass is 10.1. The number of aryl methyl sites for hydroxylation is 1. The van der Waals surface area contributed by atoms with Crippen LogP contribution in [0.4, 0.5) is 11.5 Å². The quantitative estimate of drug-likeness (QED) is 0.865. The molecule has 0 bridgehead atoms. The summed E-state index contributed by atoms with van der Waals surface area (Å²) in [7, 11) is -3.98. The van der Waals surface area contributed by atoms with Crippen LogP contribution in [0.5, 0.6) is 0 Å². The molecular weight excluding hydrogens is 326 g/mol. The van der Waals surface area contributed by atoms with Gasteiger partial charge in [-0.25, -0.2) is 17.7 Å². The zero-order valence-electron chi connectivity index (χ0n) is 12.9. The molecule has 0 radical (unpaired) electrons. The third kappa shape index (κ3) is 2.61. The lowest BCUT2D eigenvalue weighted by Crippen LogP contribution is -2.51. The van der Waals surface area contributed by atoms with Crippen LogP contribution in [0.25, 0.3) is 0 Å². The lowest BCUT2D eigenvalue weighted by Gasteiger charge is -2.35. The highest BCUT2D eigenvalue weighted by molar-refractivity contribution is 7.93. The van der Waals surface area contributed by atoms with Gasteiger partial charge in [0.1, 0.15) is 6.04 Å². The van der Waals surface area contributed by atoms with Gasteiger partial charge < -0.3 is 5.32 Å². The number of carbonyl (C=O) groups is 1. The summed E-state index contributed by atoms with van der Waals surface area (Å²) in [4.78, 5) is 16.6. The molecule has 122 valence electrons. The summed E-state index contributed by atoms with van der Waals surface area (Å²) in [5.41, 5.74) is 1.27. The Bertz CT molecular complexity index is 930. The molecule has 3 rings (SSSR count). The SMILES string of the molecule is C#CCC1C(=O)Nc2cccnc2N1S(=O)(=O)c1ccc(C)cc1. The Kier molecular flexibility index (Phi) is 3.99. The number of anilines is 2. The van der Waals surface area contributed by atoms with Crippen LogP contribution in [-0.4, -0.2) is 25.4 Å². The fourth-order valence-electron chi connectivity index (χ4n) is 2.53. The second kappa shape index (κ2) is 5.98. The smallest absolute Gasteiger partial charge is 0.266 e. The van der Waals surface area contributed by atoms with E-state index < -0.39 is 22.0 Å². The molecule has 1 atom stereocenters. The molecule has 24 heavy (non-hydrogen) atoms. The van der Waals surface area contributed by atoms with Crippen LogP contribution in [0.15, 0.2) is 47.5 Å². The van der Waals surface area contributed by atoms with Gasteiger partial charge in [0.2, 0.25) is 5.91 Å².